The molecular formula is C17H15F3N2O. The van der Waals surface area contributed by atoms with Crippen molar-refractivity contribution in [2.75, 3.05) is 5.73 Å². The first-order valence-electron chi connectivity index (χ1n) is 7.03. The van der Waals surface area contributed by atoms with Gasteiger partial charge in [0.15, 0.2) is 0 Å². The molecule has 0 bridgehead atoms. The molecule has 3 aromatic rings. The zero-order valence-corrected chi connectivity index (χ0v) is 12.2. The number of rotatable bonds is 4. The number of halogens is 3. The Labute approximate surface area is 130 Å². The maximum absolute atomic E-state index is 12.5. The molecule has 3 N–H and O–H groups in total. The van der Waals surface area contributed by atoms with Crippen molar-refractivity contribution in [3.8, 4) is 0 Å². The Morgan fingerprint density at radius 3 is 2.30 bits per heavy atom. The van der Waals surface area contributed by atoms with Crippen molar-refractivity contribution in [2.24, 2.45) is 0 Å². The zero-order valence-electron chi connectivity index (χ0n) is 12.2. The Kier molecular flexibility index (Phi) is 4.00. The maximum Gasteiger partial charge on any atom is 0.416 e. The van der Waals surface area contributed by atoms with Crippen LogP contribution < -0.4 is 5.73 Å². The van der Waals surface area contributed by atoms with Crippen molar-refractivity contribution >= 4 is 16.6 Å². The largest absolute Gasteiger partial charge is 0.416 e. The van der Waals surface area contributed by atoms with Gasteiger partial charge in [0.2, 0.25) is 0 Å². The fourth-order valence-electron chi connectivity index (χ4n) is 2.36. The van der Waals surface area contributed by atoms with Gasteiger partial charge in [-0.15, -0.1) is 0 Å². The number of hydrogen-bond donors (Lipinski definition) is 2. The van der Waals surface area contributed by atoms with Gasteiger partial charge in [0.1, 0.15) is 0 Å². The van der Waals surface area contributed by atoms with Gasteiger partial charge >= 0.3 is 6.18 Å². The minimum Gasteiger partial charge on any atom is -0.397 e. The molecule has 120 valence electrons. The number of aromatic amines is 1. The van der Waals surface area contributed by atoms with Crippen LogP contribution in [0.15, 0.2) is 48.7 Å². The van der Waals surface area contributed by atoms with Crippen LogP contribution in [0.25, 0.3) is 10.9 Å². The minimum absolute atomic E-state index is 0.249. The number of nitrogen functional groups attached to an aromatic ring is 1. The summed E-state index contributed by atoms with van der Waals surface area (Å²) in [4.78, 5) is 3.06. The molecule has 1 heterocycles. The van der Waals surface area contributed by atoms with E-state index >= 15 is 0 Å². The average molecular weight is 320 g/mol. The van der Waals surface area contributed by atoms with E-state index in [0.717, 1.165) is 28.6 Å². The van der Waals surface area contributed by atoms with Crippen LogP contribution in [0, 0.1) is 0 Å². The molecule has 6 heteroatoms. The van der Waals surface area contributed by atoms with E-state index in [-0.39, 0.29) is 6.61 Å². The molecule has 0 aliphatic heterocycles. The smallest absolute Gasteiger partial charge is 0.397 e. The first-order chi connectivity index (χ1) is 10.9. The monoisotopic (exact) mass is 320 g/mol. The molecule has 0 aliphatic rings. The lowest BCUT2D eigenvalue weighted by Gasteiger charge is -2.08. The molecule has 0 spiro atoms. The van der Waals surface area contributed by atoms with Crippen molar-refractivity contribution in [3.05, 3.63) is 65.4 Å². The number of ether oxygens (including phenoxy) is 1. The molecule has 0 atom stereocenters. The highest BCUT2D eigenvalue weighted by atomic mass is 19.4. The van der Waals surface area contributed by atoms with Gasteiger partial charge < -0.3 is 15.5 Å². The van der Waals surface area contributed by atoms with Crippen LogP contribution in [0.1, 0.15) is 16.7 Å². The van der Waals surface area contributed by atoms with Crippen LogP contribution in [0.3, 0.4) is 0 Å². The quantitative estimate of drug-likeness (QED) is 0.744. The van der Waals surface area contributed by atoms with Gasteiger partial charge in [-0.3, -0.25) is 0 Å². The predicted molar refractivity (Wildman–Crippen MR) is 82.6 cm³/mol. The van der Waals surface area contributed by atoms with Crippen molar-refractivity contribution in [2.45, 2.75) is 19.4 Å². The molecule has 0 saturated carbocycles. The molecule has 0 fully saturated rings. The summed E-state index contributed by atoms with van der Waals surface area (Å²) >= 11 is 0. The van der Waals surface area contributed by atoms with Crippen molar-refractivity contribution in [3.63, 3.8) is 0 Å². The average Bonchev–Trinajstić information content (AvgIpc) is 2.88. The third kappa shape index (κ3) is 3.48. The number of benzene rings is 2. The predicted octanol–water partition coefficient (Wildman–Crippen LogP) is 4.49. The van der Waals surface area contributed by atoms with Crippen molar-refractivity contribution < 1.29 is 17.9 Å². The van der Waals surface area contributed by atoms with Crippen LogP contribution >= 0.6 is 0 Å². The van der Waals surface area contributed by atoms with Crippen LogP contribution in [0.2, 0.25) is 0 Å². The summed E-state index contributed by atoms with van der Waals surface area (Å²) in [6, 6.07) is 10.8. The highest BCUT2D eigenvalue weighted by molar-refractivity contribution is 5.91. The second-order valence-electron chi connectivity index (χ2n) is 5.31. The van der Waals surface area contributed by atoms with Crippen LogP contribution in [0.5, 0.6) is 0 Å². The summed E-state index contributed by atoms with van der Waals surface area (Å²) in [5, 5.41) is 0.931. The Morgan fingerprint density at radius 2 is 1.61 bits per heavy atom. The normalized spacial score (nSPS) is 12.0. The lowest BCUT2D eigenvalue weighted by atomic mass is 10.1. The molecule has 0 unspecified atom stereocenters. The van der Waals surface area contributed by atoms with Gasteiger partial charge in [-0.2, -0.15) is 13.2 Å². The number of nitrogens with one attached hydrogen (secondary N) is 1. The minimum atomic E-state index is -4.31. The van der Waals surface area contributed by atoms with Gasteiger partial charge in [0.25, 0.3) is 0 Å². The van der Waals surface area contributed by atoms with E-state index in [1.807, 2.05) is 18.2 Å². The van der Waals surface area contributed by atoms with Crippen LogP contribution in [0.4, 0.5) is 18.9 Å². The number of fused-ring (bicyclic) bond motifs is 1. The van der Waals surface area contributed by atoms with Gasteiger partial charge in [0, 0.05) is 17.1 Å². The Balaban J connectivity index is 1.61. The molecule has 0 radical (unpaired) electrons. The molecule has 0 amide bonds. The van der Waals surface area contributed by atoms with Crippen molar-refractivity contribution in [1.29, 1.82) is 0 Å². The molecule has 0 aliphatic carbocycles. The summed E-state index contributed by atoms with van der Waals surface area (Å²) in [6.07, 6.45) is -2.58. The Bertz CT molecular complexity index is 807. The lowest BCUT2D eigenvalue weighted by molar-refractivity contribution is -0.137. The first-order valence-corrected chi connectivity index (χ1v) is 7.03. The molecule has 3 rings (SSSR count). The molecule has 23 heavy (non-hydrogen) atoms. The van der Waals surface area contributed by atoms with E-state index in [9.17, 15) is 13.2 Å². The van der Waals surface area contributed by atoms with E-state index in [0.29, 0.717) is 17.9 Å². The number of anilines is 1. The number of H-pyrrole nitrogens is 1. The Hall–Kier alpha value is -2.47. The third-order valence-corrected chi connectivity index (χ3v) is 3.60. The summed E-state index contributed by atoms with van der Waals surface area (Å²) < 4.78 is 43.0. The SMILES string of the molecule is Nc1c[nH]c2ccc(COCc3ccc(C(F)(F)F)cc3)cc12. The standard InChI is InChI=1S/C17H15F3N2O/c18-17(19,20)13-4-1-11(2-5-13)9-23-10-12-3-6-16-14(7-12)15(21)8-22-16/h1-8,22H,9-10,21H2. The van der Waals surface area contributed by atoms with Gasteiger partial charge in [-0.1, -0.05) is 18.2 Å². The number of hydrogen-bond acceptors (Lipinski definition) is 2. The number of nitrogens with two attached hydrogens (primary N) is 1. The van der Waals surface area contributed by atoms with E-state index in [2.05, 4.69) is 4.98 Å². The fourth-order valence-corrected chi connectivity index (χ4v) is 2.36. The third-order valence-electron chi connectivity index (χ3n) is 3.60. The van der Waals surface area contributed by atoms with Crippen LogP contribution in [-0.4, -0.2) is 4.98 Å². The number of alkyl halides is 3. The van der Waals surface area contributed by atoms with E-state index in [4.69, 9.17) is 10.5 Å². The zero-order chi connectivity index (χ0) is 16.4. The second kappa shape index (κ2) is 5.96. The molecule has 3 nitrogen and oxygen atoms in total. The highest BCUT2D eigenvalue weighted by Gasteiger charge is 2.29. The summed E-state index contributed by atoms with van der Waals surface area (Å²) in [7, 11) is 0. The van der Waals surface area contributed by atoms with E-state index in [1.165, 1.54) is 12.1 Å². The van der Waals surface area contributed by atoms with Gasteiger partial charge in [0.05, 0.1) is 24.5 Å². The van der Waals surface area contributed by atoms with Gasteiger partial charge in [-0.25, -0.2) is 0 Å². The van der Waals surface area contributed by atoms with E-state index < -0.39 is 11.7 Å². The lowest BCUT2D eigenvalue weighted by Crippen LogP contribution is -2.04. The van der Waals surface area contributed by atoms with Gasteiger partial charge in [-0.05, 0) is 35.4 Å². The second-order valence-corrected chi connectivity index (χ2v) is 5.31. The molecule has 0 saturated heterocycles. The molecule has 2 aromatic carbocycles. The molecule has 1 aromatic heterocycles. The topological polar surface area (TPSA) is 51.0 Å². The Morgan fingerprint density at radius 1 is 0.957 bits per heavy atom. The van der Waals surface area contributed by atoms with Crippen molar-refractivity contribution in [1.82, 2.24) is 4.98 Å². The molecular weight excluding hydrogens is 305 g/mol. The summed E-state index contributed by atoms with van der Waals surface area (Å²) in [5.41, 5.74) is 8.47. The number of aromatic nitrogens is 1. The van der Waals surface area contributed by atoms with E-state index in [1.54, 1.807) is 6.20 Å². The maximum atomic E-state index is 12.5. The fraction of sp³-hybridized carbons (Fsp3) is 0.176. The highest BCUT2D eigenvalue weighted by Crippen LogP contribution is 2.29. The summed E-state index contributed by atoms with van der Waals surface area (Å²) in [5.74, 6) is 0. The first kappa shape index (κ1) is 15.4. The van der Waals surface area contributed by atoms with Crippen LogP contribution in [-0.2, 0) is 24.1 Å². The summed E-state index contributed by atoms with van der Waals surface area (Å²) in [6.45, 7) is 0.611.